The summed E-state index contributed by atoms with van der Waals surface area (Å²) in [4.78, 5) is 20.8. The summed E-state index contributed by atoms with van der Waals surface area (Å²) in [5.74, 6) is -0.00246. The van der Waals surface area contributed by atoms with E-state index < -0.39 is 0 Å². The summed E-state index contributed by atoms with van der Waals surface area (Å²) in [5.41, 5.74) is 3.36. The van der Waals surface area contributed by atoms with E-state index in [0.717, 1.165) is 46.9 Å². The van der Waals surface area contributed by atoms with Crippen molar-refractivity contribution in [1.29, 1.82) is 0 Å². The van der Waals surface area contributed by atoms with Crippen LogP contribution in [0, 0.1) is 6.92 Å². The lowest BCUT2D eigenvalue weighted by Crippen LogP contribution is -2.44. The number of rotatable bonds is 6. The van der Waals surface area contributed by atoms with Crippen LogP contribution >= 0.6 is 27.7 Å². The number of benzene rings is 2. The monoisotopic (exact) mass is 495 g/mol. The number of nitrogens with one attached hydrogen (secondary N) is 1. The van der Waals surface area contributed by atoms with Crippen molar-refractivity contribution in [3.8, 4) is 0 Å². The second kappa shape index (κ2) is 10.4. The minimum absolute atomic E-state index is 0.00246. The Kier molecular flexibility index (Phi) is 7.43. The molecule has 2 heterocycles. The predicted molar refractivity (Wildman–Crippen MR) is 129 cm³/mol. The van der Waals surface area contributed by atoms with Crippen molar-refractivity contribution < 1.29 is 4.79 Å². The first kappa shape index (κ1) is 22.1. The number of hydrogen-bond donors (Lipinski definition) is 1. The summed E-state index contributed by atoms with van der Waals surface area (Å²) in [6.07, 6.45) is 3.72. The quantitative estimate of drug-likeness (QED) is 0.476. The molecule has 0 unspecified atom stereocenters. The fraction of sp³-hybridized carbons (Fsp3) is 0.280. The van der Waals surface area contributed by atoms with Crippen LogP contribution in [0.3, 0.4) is 0 Å². The molecule has 0 bridgehead atoms. The lowest BCUT2D eigenvalue weighted by Gasteiger charge is -2.32. The maximum Gasteiger partial charge on any atom is 0.252 e. The lowest BCUT2D eigenvalue weighted by atomic mass is 10.0. The normalized spacial score (nSPS) is 15.0. The lowest BCUT2D eigenvalue weighted by molar-refractivity contribution is 0.0906. The summed E-state index contributed by atoms with van der Waals surface area (Å²) in [7, 11) is 0. The molecule has 4 nitrogen and oxygen atoms in total. The number of aryl methyl sites for hydroxylation is 1. The van der Waals surface area contributed by atoms with Crippen LogP contribution in [-0.4, -0.2) is 34.9 Å². The molecule has 1 fully saturated rings. The first-order valence-electron chi connectivity index (χ1n) is 10.5. The molecule has 1 saturated heterocycles. The van der Waals surface area contributed by atoms with Crippen molar-refractivity contribution in [2.45, 2.75) is 42.3 Å². The highest BCUT2D eigenvalue weighted by atomic mass is 79.9. The van der Waals surface area contributed by atoms with Gasteiger partial charge in [0.25, 0.3) is 5.91 Å². The second-order valence-electron chi connectivity index (χ2n) is 7.93. The molecule has 6 heteroatoms. The van der Waals surface area contributed by atoms with E-state index in [1.165, 1.54) is 22.9 Å². The van der Waals surface area contributed by atoms with Crippen LogP contribution in [0.25, 0.3) is 0 Å². The number of halogens is 1. The van der Waals surface area contributed by atoms with Crippen LogP contribution in [0.15, 0.2) is 81.3 Å². The van der Waals surface area contributed by atoms with Gasteiger partial charge in [0.2, 0.25) is 0 Å². The molecule has 0 radical (unpaired) electrons. The maximum absolute atomic E-state index is 13.0. The molecule has 0 spiro atoms. The first-order valence-corrected chi connectivity index (χ1v) is 12.1. The molecule has 1 amide bonds. The van der Waals surface area contributed by atoms with E-state index in [1.807, 2.05) is 36.4 Å². The SMILES string of the molecule is Cc1cccc(CN2CCC(NC(=O)c3ccccc3Sc3ccc(Br)cn3)CC2)c1. The van der Waals surface area contributed by atoms with Crippen LogP contribution in [-0.2, 0) is 6.54 Å². The van der Waals surface area contributed by atoms with E-state index in [0.29, 0.717) is 5.56 Å². The zero-order valence-corrected chi connectivity index (χ0v) is 20.0. The fourth-order valence-electron chi connectivity index (χ4n) is 3.85. The molecule has 1 aliphatic heterocycles. The summed E-state index contributed by atoms with van der Waals surface area (Å²) in [6, 6.07) is 20.6. The Morgan fingerprint density at radius 2 is 1.94 bits per heavy atom. The summed E-state index contributed by atoms with van der Waals surface area (Å²) < 4.78 is 0.941. The van der Waals surface area contributed by atoms with E-state index >= 15 is 0 Å². The molecule has 3 aromatic rings. The third-order valence-electron chi connectivity index (χ3n) is 5.46. The second-order valence-corrected chi connectivity index (χ2v) is 9.90. The minimum Gasteiger partial charge on any atom is -0.349 e. The number of likely N-dealkylation sites (tertiary alicyclic amines) is 1. The third kappa shape index (κ3) is 6.19. The average Bonchev–Trinajstić information content (AvgIpc) is 2.77. The van der Waals surface area contributed by atoms with Crippen LogP contribution in [0.5, 0.6) is 0 Å². The summed E-state index contributed by atoms with van der Waals surface area (Å²) in [5, 5.41) is 4.13. The number of aromatic nitrogens is 1. The predicted octanol–water partition coefficient (Wildman–Crippen LogP) is 5.70. The van der Waals surface area contributed by atoms with Crippen LogP contribution in [0.2, 0.25) is 0 Å². The number of carbonyl (C=O) groups is 1. The van der Waals surface area contributed by atoms with Crippen molar-refractivity contribution >= 4 is 33.6 Å². The molecule has 2 aromatic carbocycles. The van der Waals surface area contributed by atoms with Crippen LogP contribution < -0.4 is 5.32 Å². The van der Waals surface area contributed by atoms with E-state index in [4.69, 9.17) is 0 Å². The zero-order chi connectivity index (χ0) is 21.6. The van der Waals surface area contributed by atoms with Crippen molar-refractivity contribution in [3.63, 3.8) is 0 Å². The Balaban J connectivity index is 1.33. The highest BCUT2D eigenvalue weighted by molar-refractivity contribution is 9.10. The van der Waals surface area contributed by atoms with Gasteiger partial charge in [0, 0.05) is 41.2 Å². The van der Waals surface area contributed by atoms with Gasteiger partial charge in [-0.25, -0.2) is 4.98 Å². The number of nitrogens with zero attached hydrogens (tertiary/aromatic N) is 2. The van der Waals surface area contributed by atoms with E-state index in [2.05, 4.69) is 62.3 Å². The molecule has 0 aliphatic carbocycles. The highest BCUT2D eigenvalue weighted by Crippen LogP contribution is 2.30. The first-order chi connectivity index (χ1) is 15.1. The summed E-state index contributed by atoms with van der Waals surface area (Å²) >= 11 is 4.93. The van der Waals surface area contributed by atoms with Gasteiger partial charge in [-0.2, -0.15) is 0 Å². The van der Waals surface area contributed by atoms with Gasteiger partial charge in [0.1, 0.15) is 5.03 Å². The largest absolute Gasteiger partial charge is 0.349 e. The van der Waals surface area contributed by atoms with Crippen LogP contribution in [0.4, 0.5) is 0 Å². The van der Waals surface area contributed by atoms with Crippen molar-refractivity contribution in [2.75, 3.05) is 13.1 Å². The number of carbonyl (C=O) groups excluding carboxylic acids is 1. The van der Waals surface area contributed by atoms with Gasteiger partial charge in [0.05, 0.1) is 5.56 Å². The van der Waals surface area contributed by atoms with Gasteiger partial charge in [-0.05, 0) is 65.5 Å². The van der Waals surface area contributed by atoms with Crippen molar-refractivity contribution in [1.82, 2.24) is 15.2 Å². The Labute approximate surface area is 196 Å². The maximum atomic E-state index is 13.0. The number of piperidine rings is 1. The van der Waals surface area contributed by atoms with E-state index in [9.17, 15) is 4.79 Å². The Morgan fingerprint density at radius 3 is 2.68 bits per heavy atom. The molecule has 1 aliphatic rings. The Bertz CT molecular complexity index is 1030. The van der Waals surface area contributed by atoms with Gasteiger partial charge in [0.15, 0.2) is 0 Å². The van der Waals surface area contributed by atoms with Gasteiger partial charge >= 0.3 is 0 Å². The average molecular weight is 496 g/mol. The van der Waals surface area contributed by atoms with Crippen LogP contribution in [0.1, 0.15) is 34.3 Å². The molecule has 160 valence electrons. The Hall–Kier alpha value is -2.15. The van der Waals surface area contributed by atoms with Gasteiger partial charge < -0.3 is 5.32 Å². The van der Waals surface area contributed by atoms with E-state index in [1.54, 1.807) is 6.20 Å². The minimum atomic E-state index is -0.00246. The van der Waals surface area contributed by atoms with Gasteiger partial charge in [-0.3, -0.25) is 9.69 Å². The molecule has 0 saturated carbocycles. The number of hydrogen-bond acceptors (Lipinski definition) is 4. The molecular formula is C25H26BrN3OS. The standard InChI is InChI=1S/C25H26BrN3OS/c1-18-5-4-6-19(15-18)17-29-13-11-21(12-14-29)28-25(30)22-7-2-3-8-23(22)31-24-10-9-20(26)16-27-24/h2-10,15-16,21H,11-14,17H2,1H3,(H,28,30). The topological polar surface area (TPSA) is 45.2 Å². The van der Waals surface area contributed by atoms with E-state index in [-0.39, 0.29) is 11.9 Å². The molecular weight excluding hydrogens is 470 g/mol. The van der Waals surface area contributed by atoms with Crippen molar-refractivity contribution in [3.05, 3.63) is 88.0 Å². The highest BCUT2D eigenvalue weighted by Gasteiger charge is 2.22. The van der Waals surface area contributed by atoms with Gasteiger partial charge in [-0.15, -0.1) is 0 Å². The molecule has 1 aromatic heterocycles. The van der Waals surface area contributed by atoms with Gasteiger partial charge in [-0.1, -0.05) is 53.7 Å². The number of amides is 1. The fourth-order valence-corrected chi connectivity index (χ4v) is 4.96. The zero-order valence-electron chi connectivity index (χ0n) is 17.6. The molecule has 31 heavy (non-hydrogen) atoms. The molecule has 1 N–H and O–H groups in total. The summed E-state index contributed by atoms with van der Waals surface area (Å²) in [6.45, 7) is 5.10. The number of pyridine rings is 1. The van der Waals surface area contributed by atoms with Crippen molar-refractivity contribution in [2.24, 2.45) is 0 Å². The molecule has 0 atom stereocenters. The smallest absolute Gasteiger partial charge is 0.252 e. The molecule has 4 rings (SSSR count). The Morgan fingerprint density at radius 1 is 1.13 bits per heavy atom. The third-order valence-corrected chi connectivity index (χ3v) is 6.95.